The van der Waals surface area contributed by atoms with E-state index < -0.39 is 0 Å². The van der Waals surface area contributed by atoms with Gasteiger partial charge in [-0.15, -0.1) is 22.7 Å². The fourth-order valence-corrected chi connectivity index (χ4v) is 4.23. The zero-order chi connectivity index (χ0) is 16.4. The molecule has 3 nitrogen and oxygen atoms in total. The van der Waals surface area contributed by atoms with Crippen LogP contribution in [0.1, 0.15) is 14.5 Å². The van der Waals surface area contributed by atoms with E-state index in [4.69, 9.17) is 0 Å². The summed E-state index contributed by atoms with van der Waals surface area (Å²) in [6.45, 7) is 0. The first kappa shape index (κ1) is 14.9. The average molecular weight is 348 g/mol. The number of aromatic nitrogens is 2. The van der Waals surface area contributed by atoms with Crippen LogP contribution in [0.3, 0.4) is 0 Å². The van der Waals surface area contributed by atoms with Crippen molar-refractivity contribution in [3.63, 3.8) is 0 Å². The van der Waals surface area contributed by atoms with Crippen LogP contribution in [0.25, 0.3) is 22.3 Å². The van der Waals surface area contributed by atoms with Crippen LogP contribution in [0.5, 0.6) is 0 Å². The van der Waals surface area contributed by atoms with Gasteiger partial charge in [0.2, 0.25) is 5.78 Å². The molecule has 0 radical (unpaired) electrons. The van der Waals surface area contributed by atoms with Gasteiger partial charge >= 0.3 is 0 Å². The first-order valence-corrected chi connectivity index (χ1v) is 9.10. The molecular formula is C19H12N2OS2. The van der Waals surface area contributed by atoms with Gasteiger partial charge in [0.1, 0.15) is 0 Å². The molecule has 0 unspecified atom stereocenters. The molecule has 0 atom stereocenters. The van der Waals surface area contributed by atoms with Crippen LogP contribution in [0.15, 0.2) is 71.9 Å². The molecule has 0 saturated heterocycles. The van der Waals surface area contributed by atoms with Gasteiger partial charge in [0.15, 0.2) is 0 Å². The third kappa shape index (κ3) is 2.91. The molecule has 116 valence electrons. The van der Waals surface area contributed by atoms with E-state index in [1.165, 1.54) is 22.7 Å². The number of carbonyl (C=O) groups excluding carboxylic acids is 1. The van der Waals surface area contributed by atoms with E-state index in [9.17, 15) is 4.79 Å². The van der Waals surface area contributed by atoms with Crippen molar-refractivity contribution in [2.45, 2.75) is 0 Å². The molecule has 0 aliphatic heterocycles. The molecule has 4 aromatic heterocycles. The van der Waals surface area contributed by atoms with Crippen molar-refractivity contribution in [2.24, 2.45) is 0 Å². The van der Waals surface area contributed by atoms with E-state index in [2.05, 4.69) is 9.97 Å². The summed E-state index contributed by atoms with van der Waals surface area (Å²) in [6, 6.07) is 11.7. The molecule has 4 aromatic rings. The maximum atomic E-state index is 12.7. The SMILES string of the molecule is O=C(c1cc(-c2ccncc2)cs1)c1cc(-c2ccncc2)cs1. The number of thiophene rings is 2. The molecule has 0 N–H and O–H groups in total. The maximum Gasteiger partial charge on any atom is 0.212 e. The number of hydrogen-bond donors (Lipinski definition) is 0. The first-order chi connectivity index (χ1) is 11.8. The van der Waals surface area contributed by atoms with Crippen molar-refractivity contribution in [3.8, 4) is 22.3 Å². The summed E-state index contributed by atoms with van der Waals surface area (Å²) in [5.41, 5.74) is 4.25. The maximum absolute atomic E-state index is 12.7. The van der Waals surface area contributed by atoms with Gasteiger partial charge in [0.25, 0.3) is 0 Å². The van der Waals surface area contributed by atoms with Crippen molar-refractivity contribution < 1.29 is 4.79 Å². The fraction of sp³-hybridized carbons (Fsp3) is 0. The summed E-state index contributed by atoms with van der Waals surface area (Å²) in [7, 11) is 0. The van der Waals surface area contributed by atoms with Gasteiger partial charge in [-0.05, 0) is 69.4 Å². The zero-order valence-electron chi connectivity index (χ0n) is 12.5. The van der Waals surface area contributed by atoms with E-state index in [-0.39, 0.29) is 5.78 Å². The number of ketones is 1. The average Bonchev–Trinajstić information content (AvgIpc) is 3.33. The molecule has 0 fully saturated rings. The zero-order valence-corrected chi connectivity index (χ0v) is 14.2. The quantitative estimate of drug-likeness (QED) is 0.478. The normalized spacial score (nSPS) is 10.7. The van der Waals surface area contributed by atoms with Crippen molar-refractivity contribution in [3.05, 3.63) is 81.7 Å². The van der Waals surface area contributed by atoms with E-state index in [1.54, 1.807) is 24.8 Å². The highest BCUT2D eigenvalue weighted by Crippen LogP contribution is 2.30. The summed E-state index contributed by atoms with van der Waals surface area (Å²) < 4.78 is 0. The van der Waals surface area contributed by atoms with E-state index >= 15 is 0 Å². The molecule has 0 aliphatic carbocycles. The highest BCUT2D eigenvalue weighted by molar-refractivity contribution is 7.16. The Morgan fingerprint density at radius 3 is 1.50 bits per heavy atom. The largest absolute Gasteiger partial charge is 0.287 e. The van der Waals surface area contributed by atoms with Crippen LogP contribution in [-0.4, -0.2) is 15.8 Å². The number of nitrogens with zero attached hydrogens (tertiary/aromatic N) is 2. The van der Waals surface area contributed by atoms with Crippen LogP contribution in [0, 0.1) is 0 Å². The van der Waals surface area contributed by atoms with E-state index in [0.29, 0.717) is 0 Å². The second kappa shape index (κ2) is 6.47. The number of carbonyl (C=O) groups is 1. The number of hydrogen-bond acceptors (Lipinski definition) is 5. The van der Waals surface area contributed by atoms with Crippen LogP contribution < -0.4 is 0 Å². The molecule has 4 rings (SSSR count). The minimum absolute atomic E-state index is 0.0746. The van der Waals surface area contributed by atoms with Crippen LogP contribution in [0.2, 0.25) is 0 Å². The number of pyridine rings is 2. The Morgan fingerprint density at radius 2 is 1.08 bits per heavy atom. The minimum Gasteiger partial charge on any atom is -0.287 e. The molecule has 0 bridgehead atoms. The van der Waals surface area contributed by atoms with Crippen LogP contribution in [-0.2, 0) is 0 Å². The molecule has 0 saturated carbocycles. The Labute approximate surface area is 147 Å². The van der Waals surface area contributed by atoms with E-state index in [1.807, 2.05) is 47.2 Å². The predicted molar refractivity (Wildman–Crippen MR) is 98.5 cm³/mol. The topological polar surface area (TPSA) is 42.9 Å². The molecule has 0 spiro atoms. The molecule has 0 amide bonds. The molecule has 5 heteroatoms. The summed E-state index contributed by atoms with van der Waals surface area (Å²) in [6.07, 6.45) is 7.03. The summed E-state index contributed by atoms with van der Waals surface area (Å²) in [5.74, 6) is 0.0746. The highest BCUT2D eigenvalue weighted by Gasteiger charge is 2.15. The lowest BCUT2D eigenvalue weighted by molar-refractivity contribution is 0.104. The molecular weight excluding hydrogens is 336 g/mol. The third-order valence-electron chi connectivity index (χ3n) is 3.67. The van der Waals surface area contributed by atoms with E-state index in [0.717, 1.165) is 32.0 Å². The van der Waals surface area contributed by atoms with Crippen molar-refractivity contribution in [1.82, 2.24) is 9.97 Å². The summed E-state index contributed by atoms with van der Waals surface area (Å²) >= 11 is 2.96. The van der Waals surface area contributed by atoms with Gasteiger partial charge in [0.05, 0.1) is 9.75 Å². The van der Waals surface area contributed by atoms with Gasteiger partial charge in [-0.25, -0.2) is 0 Å². The molecule has 24 heavy (non-hydrogen) atoms. The monoisotopic (exact) mass is 348 g/mol. The second-order valence-corrected chi connectivity index (χ2v) is 7.02. The first-order valence-electron chi connectivity index (χ1n) is 7.34. The lowest BCUT2D eigenvalue weighted by Gasteiger charge is -1.96. The summed E-state index contributed by atoms with van der Waals surface area (Å²) in [5, 5.41) is 4.03. The van der Waals surface area contributed by atoms with Crippen LogP contribution in [0.4, 0.5) is 0 Å². The lowest BCUT2D eigenvalue weighted by atomic mass is 10.1. The van der Waals surface area contributed by atoms with Crippen molar-refractivity contribution in [1.29, 1.82) is 0 Å². The lowest BCUT2D eigenvalue weighted by Crippen LogP contribution is -1.94. The van der Waals surface area contributed by atoms with Crippen LogP contribution >= 0.6 is 22.7 Å². The Balaban J connectivity index is 1.61. The molecule has 0 aromatic carbocycles. The van der Waals surface area contributed by atoms with Gasteiger partial charge in [0, 0.05) is 24.8 Å². The van der Waals surface area contributed by atoms with Gasteiger partial charge in [-0.2, -0.15) is 0 Å². The smallest absolute Gasteiger partial charge is 0.212 e. The fourth-order valence-electron chi connectivity index (χ4n) is 2.42. The Hall–Kier alpha value is -2.63. The third-order valence-corrected chi connectivity index (χ3v) is 5.53. The Bertz CT molecular complexity index is 895. The van der Waals surface area contributed by atoms with Gasteiger partial charge < -0.3 is 0 Å². The highest BCUT2D eigenvalue weighted by atomic mass is 32.1. The summed E-state index contributed by atoms with van der Waals surface area (Å²) in [4.78, 5) is 22.3. The minimum atomic E-state index is 0.0746. The van der Waals surface area contributed by atoms with Gasteiger partial charge in [-0.3, -0.25) is 14.8 Å². The number of rotatable bonds is 4. The Morgan fingerprint density at radius 1 is 0.667 bits per heavy atom. The predicted octanol–water partition coefficient (Wildman–Crippen LogP) is 5.16. The molecule has 0 aliphatic rings. The second-order valence-electron chi connectivity index (χ2n) is 5.20. The standard InChI is InChI=1S/C19H12N2OS2/c22-19(17-9-15(11-23-17)13-1-5-20-6-2-13)18-10-16(12-24-18)14-3-7-21-8-4-14/h1-12H. The van der Waals surface area contributed by atoms with Crippen molar-refractivity contribution in [2.75, 3.05) is 0 Å². The Kier molecular flexibility index (Phi) is 4.02. The molecule has 4 heterocycles. The van der Waals surface area contributed by atoms with Gasteiger partial charge in [-0.1, -0.05) is 0 Å². The van der Waals surface area contributed by atoms with Crippen molar-refractivity contribution >= 4 is 28.5 Å².